The number of nitrogens with zero attached hydrogens (tertiary/aromatic N) is 1. The van der Waals surface area contributed by atoms with Gasteiger partial charge in [-0.1, -0.05) is 6.92 Å². The van der Waals surface area contributed by atoms with Crippen molar-refractivity contribution in [2.45, 2.75) is 25.9 Å². The van der Waals surface area contributed by atoms with Crippen molar-refractivity contribution in [2.75, 3.05) is 19.0 Å². The summed E-state index contributed by atoms with van der Waals surface area (Å²) in [6.45, 7) is 2.29. The van der Waals surface area contributed by atoms with Crippen LogP contribution in [0.4, 0.5) is 0 Å². The summed E-state index contributed by atoms with van der Waals surface area (Å²) in [6, 6.07) is 2.07. The van der Waals surface area contributed by atoms with Gasteiger partial charge in [-0.05, 0) is 12.7 Å². The van der Waals surface area contributed by atoms with Crippen molar-refractivity contribution in [3.63, 3.8) is 0 Å². The third-order valence-electron chi connectivity index (χ3n) is 1.36. The van der Waals surface area contributed by atoms with Gasteiger partial charge in [0.1, 0.15) is 6.79 Å². The van der Waals surface area contributed by atoms with Crippen LogP contribution in [0.15, 0.2) is 0 Å². The lowest BCUT2D eigenvalue weighted by atomic mass is 10.2. The van der Waals surface area contributed by atoms with Crippen molar-refractivity contribution in [3.05, 3.63) is 0 Å². The minimum absolute atomic E-state index is 0.0249. The maximum Gasteiger partial charge on any atom is 0.148 e. The van der Waals surface area contributed by atoms with E-state index in [2.05, 4.69) is 6.07 Å². The highest BCUT2D eigenvalue weighted by molar-refractivity contribution is 7.98. The first-order valence-electron chi connectivity index (χ1n) is 3.90. The second-order valence-electron chi connectivity index (χ2n) is 2.29. The molecule has 4 heteroatoms. The van der Waals surface area contributed by atoms with Gasteiger partial charge in [-0.2, -0.15) is 5.26 Å². The van der Waals surface area contributed by atoms with Crippen molar-refractivity contribution in [1.82, 2.24) is 0 Å². The molecule has 0 spiro atoms. The Bertz CT molecular complexity index is 136. The minimum Gasteiger partial charge on any atom is -0.351 e. The highest BCUT2D eigenvalue weighted by atomic mass is 32.2. The minimum atomic E-state index is 0.0249. The van der Waals surface area contributed by atoms with Crippen LogP contribution < -0.4 is 0 Å². The van der Waals surface area contributed by atoms with E-state index < -0.39 is 0 Å². The summed E-state index contributed by atoms with van der Waals surface area (Å²) >= 11 is 1.61. The van der Waals surface area contributed by atoms with E-state index in [4.69, 9.17) is 14.7 Å². The highest BCUT2D eigenvalue weighted by Gasteiger charge is 2.04. The summed E-state index contributed by atoms with van der Waals surface area (Å²) in [4.78, 5) is 0. The number of hydrogen-bond acceptors (Lipinski definition) is 4. The predicted octanol–water partition coefficient (Wildman–Crippen LogP) is 1.99. The zero-order valence-electron chi connectivity index (χ0n) is 7.58. The van der Waals surface area contributed by atoms with Crippen LogP contribution in [0.5, 0.6) is 0 Å². The molecule has 0 aliphatic heterocycles. The standard InChI is InChI=1S/C8H15NO2S/c1-3-8(4-5-9)11-6-10-7-12-2/h8H,3-4,6-7H2,1-2H3. The number of ether oxygens (including phenoxy) is 2. The molecule has 0 aliphatic rings. The lowest BCUT2D eigenvalue weighted by molar-refractivity contribution is -0.0752. The quantitative estimate of drug-likeness (QED) is 0.453. The van der Waals surface area contributed by atoms with Gasteiger partial charge in [-0.3, -0.25) is 0 Å². The van der Waals surface area contributed by atoms with Gasteiger partial charge in [0.05, 0.1) is 24.5 Å². The van der Waals surface area contributed by atoms with Gasteiger partial charge in [-0.25, -0.2) is 0 Å². The van der Waals surface area contributed by atoms with E-state index in [9.17, 15) is 0 Å². The lowest BCUT2D eigenvalue weighted by Crippen LogP contribution is -2.13. The van der Waals surface area contributed by atoms with Gasteiger partial charge in [0.25, 0.3) is 0 Å². The molecule has 0 saturated heterocycles. The Morgan fingerprint density at radius 1 is 1.58 bits per heavy atom. The largest absolute Gasteiger partial charge is 0.351 e. The van der Waals surface area contributed by atoms with Crippen molar-refractivity contribution in [2.24, 2.45) is 0 Å². The fourth-order valence-electron chi connectivity index (χ4n) is 0.685. The molecule has 0 N–H and O–H groups in total. The third kappa shape index (κ3) is 6.47. The van der Waals surface area contributed by atoms with E-state index >= 15 is 0 Å². The molecule has 12 heavy (non-hydrogen) atoms. The Labute approximate surface area is 78.0 Å². The van der Waals surface area contributed by atoms with E-state index in [-0.39, 0.29) is 6.10 Å². The van der Waals surface area contributed by atoms with E-state index in [1.54, 1.807) is 11.8 Å². The fraction of sp³-hybridized carbons (Fsp3) is 0.875. The molecule has 0 aromatic rings. The van der Waals surface area contributed by atoms with Gasteiger partial charge in [-0.15, -0.1) is 11.8 Å². The smallest absolute Gasteiger partial charge is 0.148 e. The van der Waals surface area contributed by atoms with E-state index in [1.165, 1.54) is 0 Å². The van der Waals surface area contributed by atoms with Crippen molar-refractivity contribution in [1.29, 1.82) is 5.26 Å². The van der Waals surface area contributed by atoms with Gasteiger partial charge in [0, 0.05) is 0 Å². The first-order valence-corrected chi connectivity index (χ1v) is 5.29. The van der Waals surface area contributed by atoms with Crippen LogP contribution >= 0.6 is 11.8 Å². The normalized spacial score (nSPS) is 12.4. The molecule has 0 bridgehead atoms. The molecular weight excluding hydrogens is 174 g/mol. The lowest BCUT2D eigenvalue weighted by Gasteiger charge is -2.11. The van der Waals surface area contributed by atoms with Crippen LogP contribution in [-0.2, 0) is 9.47 Å². The molecule has 1 unspecified atom stereocenters. The number of hydrogen-bond donors (Lipinski definition) is 0. The maximum atomic E-state index is 8.40. The Morgan fingerprint density at radius 3 is 2.83 bits per heavy atom. The van der Waals surface area contributed by atoms with Gasteiger partial charge < -0.3 is 9.47 Å². The molecule has 70 valence electrons. The number of nitriles is 1. The monoisotopic (exact) mass is 189 g/mol. The summed E-state index contributed by atoms with van der Waals surface area (Å²) in [7, 11) is 0. The Balaban J connectivity index is 3.26. The predicted molar refractivity (Wildman–Crippen MR) is 49.7 cm³/mol. The van der Waals surface area contributed by atoms with E-state index in [1.807, 2.05) is 13.2 Å². The zero-order chi connectivity index (χ0) is 9.23. The number of thioether (sulfide) groups is 1. The molecule has 0 rings (SSSR count). The van der Waals surface area contributed by atoms with Crippen LogP contribution in [-0.4, -0.2) is 25.1 Å². The summed E-state index contributed by atoms with van der Waals surface area (Å²) in [5.41, 5.74) is 0. The zero-order valence-corrected chi connectivity index (χ0v) is 8.39. The number of rotatable bonds is 7. The van der Waals surface area contributed by atoms with Crippen molar-refractivity contribution < 1.29 is 9.47 Å². The first kappa shape index (κ1) is 11.8. The van der Waals surface area contributed by atoms with Crippen LogP contribution in [0.1, 0.15) is 19.8 Å². The molecule has 0 radical (unpaired) electrons. The average Bonchev–Trinajstić information content (AvgIpc) is 2.10. The molecule has 0 heterocycles. The second kappa shape index (κ2) is 8.85. The highest BCUT2D eigenvalue weighted by Crippen LogP contribution is 2.03. The third-order valence-corrected chi connectivity index (χ3v) is 1.76. The van der Waals surface area contributed by atoms with Gasteiger partial charge in [0.15, 0.2) is 0 Å². The molecule has 0 aliphatic carbocycles. The SMILES string of the molecule is CCC(CC#N)OCOCSC. The van der Waals surface area contributed by atoms with E-state index in [0.29, 0.717) is 19.2 Å². The first-order chi connectivity index (χ1) is 5.85. The second-order valence-corrected chi connectivity index (χ2v) is 3.10. The Morgan fingerprint density at radius 2 is 2.33 bits per heavy atom. The van der Waals surface area contributed by atoms with Gasteiger partial charge >= 0.3 is 0 Å². The van der Waals surface area contributed by atoms with Crippen molar-refractivity contribution >= 4 is 11.8 Å². The Kier molecular flexibility index (Phi) is 8.68. The topological polar surface area (TPSA) is 42.2 Å². The maximum absolute atomic E-state index is 8.40. The van der Waals surface area contributed by atoms with Crippen LogP contribution in [0, 0.1) is 11.3 Å². The van der Waals surface area contributed by atoms with Crippen LogP contribution in [0.2, 0.25) is 0 Å². The van der Waals surface area contributed by atoms with Crippen LogP contribution in [0.25, 0.3) is 0 Å². The summed E-state index contributed by atoms with van der Waals surface area (Å²) in [5, 5.41) is 8.40. The Hall–Kier alpha value is -0.240. The molecule has 0 amide bonds. The molecule has 1 atom stereocenters. The summed E-state index contributed by atoms with van der Waals surface area (Å²) in [5.74, 6) is 0.642. The molecule has 0 fully saturated rings. The van der Waals surface area contributed by atoms with Crippen LogP contribution in [0.3, 0.4) is 0 Å². The molecule has 0 aromatic heterocycles. The van der Waals surface area contributed by atoms with Crippen molar-refractivity contribution in [3.8, 4) is 6.07 Å². The molecule has 0 saturated carbocycles. The average molecular weight is 189 g/mol. The van der Waals surface area contributed by atoms with Gasteiger partial charge in [0.2, 0.25) is 0 Å². The molecule has 3 nitrogen and oxygen atoms in total. The summed E-state index contributed by atoms with van der Waals surface area (Å²) in [6.07, 6.45) is 3.29. The van der Waals surface area contributed by atoms with E-state index in [0.717, 1.165) is 6.42 Å². The summed E-state index contributed by atoms with van der Waals surface area (Å²) < 4.78 is 10.4. The molecular formula is C8H15NO2S. The fourth-order valence-corrected chi connectivity index (χ4v) is 0.919. The molecule has 0 aromatic carbocycles.